The zero-order chi connectivity index (χ0) is 11.4. The molecular formula is C11H13F2NO2. The summed E-state index contributed by atoms with van der Waals surface area (Å²) in [5.41, 5.74) is 0. The van der Waals surface area contributed by atoms with Crippen LogP contribution in [-0.2, 0) is 4.74 Å². The van der Waals surface area contributed by atoms with Crippen LogP contribution < -0.4 is 10.1 Å². The molecule has 16 heavy (non-hydrogen) atoms. The van der Waals surface area contributed by atoms with Crippen molar-refractivity contribution in [1.29, 1.82) is 0 Å². The van der Waals surface area contributed by atoms with Gasteiger partial charge in [-0.25, -0.2) is 8.78 Å². The quantitative estimate of drug-likeness (QED) is 0.848. The van der Waals surface area contributed by atoms with Crippen molar-refractivity contribution in [3.05, 3.63) is 29.8 Å². The summed E-state index contributed by atoms with van der Waals surface area (Å²) in [4.78, 5) is 0. The lowest BCUT2D eigenvalue weighted by Crippen LogP contribution is -2.41. The topological polar surface area (TPSA) is 30.5 Å². The third-order valence-corrected chi connectivity index (χ3v) is 2.33. The lowest BCUT2D eigenvalue weighted by Gasteiger charge is -2.23. The van der Waals surface area contributed by atoms with Crippen LogP contribution in [0.15, 0.2) is 18.2 Å². The minimum atomic E-state index is -0.903. The molecule has 88 valence electrons. The van der Waals surface area contributed by atoms with Gasteiger partial charge in [0.25, 0.3) is 0 Å². The van der Waals surface area contributed by atoms with E-state index in [0.717, 1.165) is 18.7 Å². The van der Waals surface area contributed by atoms with E-state index < -0.39 is 11.6 Å². The van der Waals surface area contributed by atoms with Gasteiger partial charge in [0.05, 0.1) is 6.61 Å². The first-order valence-corrected chi connectivity index (χ1v) is 5.16. The molecule has 0 spiro atoms. The molecule has 1 aromatic rings. The first-order chi connectivity index (χ1) is 7.75. The fourth-order valence-corrected chi connectivity index (χ4v) is 1.48. The molecule has 0 saturated carbocycles. The number of benzene rings is 1. The van der Waals surface area contributed by atoms with Crippen LogP contribution in [0.3, 0.4) is 0 Å². The van der Waals surface area contributed by atoms with Gasteiger partial charge in [0, 0.05) is 19.2 Å². The number of halogens is 2. The molecule has 1 atom stereocenters. The van der Waals surface area contributed by atoms with Gasteiger partial charge in [0.2, 0.25) is 0 Å². The molecule has 0 amide bonds. The molecule has 1 aliphatic heterocycles. The predicted octanol–water partition coefficient (Wildman–Crippen LogP) is 1.33. The summed E-state index contributed by atoms with van der Waals surface area (Å²) in [5.74, 6) is -1.46. The van der Waals surface area contributed by atoms with E-state index in [1.807, 2.05) is 0 Å². The number of rotatable bonds is 3. The van der Waals surface area contributed by atoms with Crippen molar-refractivity contribution in [2.75, 3.05) is 26.3 Å². The summed E-state index contributed by atoms with van der Waals surface area (Å²) in [6, 6.07) is 3.48. The Bertz CT molecular complexity index is 354. The molecule has 1 aromatic carbocycles. The van der Waals surface area contributed by atoms with E-state index in [-0.39, 0.29) is 6.10 Å². The molecule has 1 fully saturated rings. The Morgan fingerprint density at radius 1 is 1.38 bits per heavy atom. The molecule has 3 nitrogen and oxygen atoms in total. The highest BCUT2D eigenvalue weighted by atomic mass is 19.2. The molecule has 1 saturated heterocycles. The van der Waals surface area contributed by atoms with Crippen LogP contribution in [0, 0.1) is 11.6 Å². The summed E-state index contributed by atoms with van der Waals surface area (Å²) in [5, 5.41) is 3.15. The Balaban J connectivity index is 1.86. The number of morpholine rings is 1. The number of ether oxygens (including phenoxy) is 2. The van der Waals surface area contributed by atoms with E-state index in [9.17, 15) is 8.78 Å². The van der Waals surface area contributed by atoms with Gasteiger partial charge >= 0.3 is 0 Å². The van der Waals surface area contributed by atoms with Gasteiger partial charge in [-0.05, 0) is 12.1 Å². The number of nitrogens with one attached hydrogen (secondary N) is 1. The Hall–Kier alpha value is -1.20. The van der Waals surface area contributed by atoms with Gasteiger partial charge in [-0.15, -0.1) is 0 Å². The van der Waals surface area contributed by atoms with Crippen molar-refractivity contribution in [1.82, 2.24) is 5.32 Å². The molecule has 0 radical (unpaired) electrons. The van der Waals surface area contributed by atoms with Crippen molar-refractivity contribution >= 4 is 0 Å². The summed E-state index contributed by atoms with van der Waals surface area (Å²) >= 11 is 0. The van der Waals surface area contributed by atoms with E-state index in [1.54, 1.807) is 0 Å². The molecule has 2 rings (SSSR count). The maximum Gasteiger partial charge on any atom is 0.162 e. The molecule has 0 bridgehead atoms. The second kappa shape index (κ2) is 5.23. The van der Waals surface area contributed by atoms with Gasteiger partial charge in [-0.1, -0.05) is 0 Å². The van der Waals surface area contributed by atoms with Crippen molar-refractivity contribution in [3.8, 4) is 5.75 Å². The Labute approximate surface area is 92.4 Å². The SMILES string of the molecule is Fc1ccc(OC[C@@H]2CNCCO2)cc1F. The molecule has 0 aromatic heterocycles. The second-order valence-electron chi connectivity index (χ2n) is 3.58. The van der Waals surface area contributed by atoms with Crippen molar-refractivity contribution in [2.45, 2.75) is 6.10 Å². The number of hydrogen-bond donors (Lipinski definition) is 1. The predicted molar refractivity (Wildman–Crippen MR) is 54.5 cm³/mol. The third-order valence-electron chi connectivity index (χ3n) is 2.33. The average Bonchev–Trinajstić information content (AvgIpc) is 2.32. The van der Waals surface area contributed by atoms with Crippen LogP contribution in [0.5, 0.6) is 5.75 Å². The van der Waals surface area contributed by atoms with Crippen molar-refractivity contribution < 1.29 is 18.3 Å². The maximum absolute atomic E-state index is 12.8. The highest BCUT2D eigenvalue weighted by Crippen LogP contribution is 2.15. The Morgan fingerprint density at radius 3 is 2.94 bits per heavy atom. The molecule has 0 unspecified atom stereocenters. The normalized spacial score (nSPS) is 20.8. The second-order valence-corrected chi connectivity index (χ2v) is 3.58. The van der Waals surface area contributed by atoms with Crippen LogP contribution in [0.4, 0.5) is 8.78 Å². The third kappa shape index (κ3) is 2.90. The van der Waals surface area contributed by atoms with E-state index in [1.165, 1.54) is 6.07 Å². The zero-order valence-electron chi connectivity index (χ0n) is 8.71. The smallest absolute Gasteiger partial charge is 0.162 e. The Morgan fingerprint density at radius 2 is 2.25 bits per heavy atom. The monoisotopic (exact) mass is 229 g/mol. The number of hydrogen-bond acceptors (Lipinski definition) is 3. The van der Waals surface area contributed by atoms with Crippen LogP contribution in [0.25, 0.3) is 0 Å². The first kappa shape index (κ1) is 11.3. The first-order valence-electron chi connectivity index (χ1n) is 5.16. The maximum atomic E-state index is 12.8. The van der Waals surface area contributed by atoms with Crippen molar-refractivity contribution in [3.63, 3.8) is 0 Å². The fraction of sp³-hybridized carbons (Fsp3) is 0.455. The molecule has 1 aliphatic rings. The van der Waals surface area contributed by atoms with E-state index in [0.29, 0.717) is 25.5 Å². The van der Waals surface area contributed by atoms with E-state index in [4.69, 9.17) is 9.47 Å². The highest BCUT2D eigenvalue weighted by molar-refractivity contribution is 5.23. The van der Waals surface area contributed by atoms with Gasteiger partial charge in [0.1, 0.15) is 18.5 Å². The van der Waals surface area contributed by atoms with E-state index in [2.05, 4.69) is 5.32 Å². The summed E-state index contributed by atoms with van der Waals surface area (Å²) in [7, 11) is 0. The molecule has 1 heterocycles. The highest BCUT2D eigenvalue weighted by Gasteiger charge is 2.14. The van der Waals surface area contributed by atoms with Gasteiger partial charge < -0.3 is 14.8 Å². The standard InChI is InChI=1S/C11H13F2NO2/c12-10-2-1-8(5-11(10)13)16-7-9-6-14-3-4-15-9/h1-2,5,9,14H,3-4,6-7H2/t9-/m0/s1. The minimum absolute atomic E-state index is 0.0399. The summed E-state index contributed by atoms with van der Waals surface area (Å²) in [6.07, 6.45) is -0.0399. The minimum Gasteiger partial charge on any atom is -0.491 e. The zero-order valence-corrected chi connectivity index (χ0v) is 8.71. The van der Waals surface area contributed by atoms with Crippen LogP contribution >= 0.6 is 0 Å². The lowest BCUT2D eigenvalue weighted by atomic mass is 10.3. The molecule has 0 aliphatic carbocycles. The summed E-state index contributed by atoms with van der Waals surface area (Å²) < 4.78 is 36.2. The van der Waals surface area contributed by atoms with Gasteiger partial charge in [0.15, 0.2) is 11.6 Å². The van der Waals surface area contributed by atoms with Gasteiger partial charge in [-0.3, -0.25) is 0 Å². The Kier molecular flexibility index (Phi) is 3.69. The molecule has 1 N–H and O–H groups in total. The largest absolute Gasteiger partial charge is 0.491 e. The molecule has 5 heteroatoms. The fourth-order valence-electron chi connectivity index (χ4n) is 1.48. The lowest BCUT2D eigenvalue weighted by molar-refractivity contribution is 0.000117. The summed E-state index contributed by atoms with van der Waals surface area (Å²) in [6.45, 7) is 2.52. The van der Waals surface area contributed by atoms with Crippen LogP contribution in [0.1, 0.15) is 0 Å². The van der Waals surface area contributed by atoms with Gasteiger partial charge in [-0.2, -0.15) is 0 Å². The van der Waals surface area contributed by atoms with Crippen LogP contribution in [-0.4, -0.2) is 32.4 Å². The van der Waals surface area contributed by atoms with E-state index >= 15 is 0 Å². The van der Waals surface area contributed by atoms with Crippen molar-refractivity contribution in [2.24, 2.45) is 0 Å². The average molecular weight is 229 g/mol. The van der Waals surface area contributed by atoms with Crippen LogP contribution in [0.2, 0.25) is 0 Å². The molecular weight excluding hydrogens is 216 g/mol.